The highest BCUT2D eigenvalue weighted by Gasteiger charge is 2.33. The molecule has 0 spiro atoms. The quantitative estimate of drug-likeness (QED) is 0.854. The molecule has 88 valence electrons. The first-order valence-corrected chi connectivity index (χ1v) is 5.70. The smallest absolute Gasteiger partial charge is 0.146 e. The van der Waals surface area contributed by atoms with E-state index in [9.17, 15) is 4.39 Å². The number of hydrogen-bond acceptors (Lipinski definition) is 3. The van der Waals surface area contributed by atoms with E-state index >= 15 is 0 Å². The standard InChI is InChI=1S/C12H17FN2O/c1-2-11-9(4-6-16-11)12(14)8-3-5-15-7-10(8)13/h3,5,7,9,11-12H,2,4,6,14H2,1H3. The van der Waals surface area contributed by atoms with Crippen molar-refractivity contribution in [2.45, 2.75) is 31.9 Å². The lowest BCUT2D eigenvalue weighted by atomic mass is 9.87. The van der Waals surface area contributed by atoms with Crippen LogP contribution in [0.1, 0.15) is 31.4 Å². The first kappa shape index (κ1) is 11.5. The van der Waals surface area contributed by atoms with E-state index in [0.717, 1.165) is 19.4 Å². The molecule has 3 nitrogen and oxygen atoms in total. The SMILES string of the molecule is CCC1OCCC1C(N)c1ccncc1F. The Kier molecular flexibility index (Phi) is 3.51. The number of pyridine rings is 1. The van der Waals surface area contributed by atoms with Gasteiger partial charge in [0.2, 0.25) is 0 Å². The number of aromatic nitrogens is 1. The number of halogens is 1. The molecule has 1 saturated heterocycles. The molecule has 0 aliphatic carbocycles. The van der Waals surface area contributed by atoms with Gasteiger partial charge in [0.15, 0.2) is 0 Å². The molecule has 0 bridgehead atoms. The third-order valence-electron chi connectivity index (χ3n) is 3.29. The first-order valence-electron chi connectivity index (χ1n) is 5.70. The van der Waals surface area contributed by atoms with Gasteiger partial charge < -0.3 is 10.5 Å². The van der Waals surface area contributed by atoms with Crippen LogP contribution in [0.5, 0.6) is 0 Å². The number of rotatable bonds is 3. The van der Waals surface area contributed by atoms with E-state index in [0.29, 0.717) is 5.56 Å². The highest BCUT2D eigenvalue weighted by molar-refractivity contribution is 5.18. The minimum atomic E-state index is -0.322. The molecule has 2 rings (SSSR count). The summed E-state index contributed by atoms with van der Waals surface area (Å²) in [5, 5.41) is 0. The largest absolute Gasteiger partial charge is 0.378 e. The second kappa shape index (κ2) is 4.89. The minimum Gasteiger partial charge on any atom is -0.378 e. The molecule has 16 heavy (non-hydrogen) atoms. The van der Waals surface area contributed by atoms with Crippen LogP contribution < -0.4 is 5.73 Å². The van der Waals surface area contributed by atoms with Crippen molar-refractivity contribution >= 4 is 0 Å². The maximum atomic E-state index is 13.5. The van der Waals surface area contributed by atoms with Crippen molar-refractivity contribution in [2.75, 3.05) is 6.61 Å². The molecule has 2 N–H and O–H groups in total. The van der Waals surface area contributed by atoms with Crippen LogP contribution in [-0.2, 0) is 4.74 Å². The van der Waals surface area contributed by atoms with E-state index in [2.05, 4.69) is 11.9 Å². The molecule has 0 saturated carbocycles. The van der Waals surface area contributed by atoms with Crippen molar-refractivity contribution in [1.29, 1.82) is 0 Å². The van der Waals surface area contributed by atoms with Crippen molar-refractivity contribution in [3.63, 3.8) is 0 Å². The van der Waals surface area contributed by atoms with Crippen LogP contribution in [0, 0.1) is 11.7 Å². The maximum Gasteiger partial charge on any atom is 0.146 e. The van der Waals surface area contributed by atoms with E-state index in [-0.39, 0.29) is 23.9 Å². The van der Waals surface area contributed by atoms with Crippen molar-refractivity contribution in [3.8, 4) is 0 Å². The monoisotopic (exact) mass is 224 g/mol. The van der Waals surface area contributed by atoms with Gasteiger partial charge in [-0.25, -0.2) is 4.39 Å². The van der Waals surface area contributed by atoms with Gasteiger partial charge in [0.1, 0.15) is 5.82 Å². The molecule has 0 amide bonds. The van der Waals surface area contributed by atoms with E-state index in [1.54, 1.807) is 12.3 Å². The second-order valence-corrected chi connectivity index (χ2v) is 4.19. The lowest BCUT2D eigenvalue weighted by Gasteiger charge is -2.24. The molecule has 1 aromatic heterocycles. The lowest BCUT2D eigenvalue weighted by molar-refractivity contribution is 0.0810. The fraction of sp³-hybridized carbons (Fsp3) is 0.583. The molecule has 2 heterocycles. The molecular formula is C12H17FN2O. The van der Waals surface area contributed by atoms with Crippen molar-refractivity contribution in [1.82, 2.24) is 4.98 Å². The Labute approximate surface area is 94.8 Å². The second-order valence-electron chi connectivity index (χ2n) is 4.19. The topological polar surface area (TPSA) is 48.1 Å². The zero-order valence-electron chi connectivity index (χ0n) is 9.40. The Bertz CT molecular complexity index is 359. The number of hydrogen-bond donors (Lipinski definition) is 1. The van der Waals surface area contributed by atoms with Gasteiger partial charge in [-0.05, 0) is 18.9 Å². The molecule has 1 aliphatic heterocycles. The molecular weight excluding hydrogens is 207 g/mol. The summed E-state index contributed by atoms with van der Waals surface area (Å²) in [7, 11) is 0. The first-order chi connectivity index (χ1) is 7.74. The van der Waals surface area contributed by atoms with Crippen LogP contribution in [0.2, 0.25) is 0 Å². The van der Waals surface area contributed by atoms with Gasteiger partial charge in [-0.2, -0.15) is 0 Å². The normalized spacial score (nSPS) is 26.9. The fourth-order valence-electron chi connectivity index (χ4n) is 2.38. The third kappa shape index (κ3) is 2.08. The summed E-state index contributed by atoms with van der Waals surface area (Å²) in [5.41, 5.74) is 6.66. The Morgan fingerprint density at radius 1 is 1.69 bits per heavy atom. The van der Waals surface area contributed by atoms with Crippen molar-refractivity contribution < 1.29 is 9.13 Å². The Balaban J connectivity index is 2.18. The van der Waals surface area contributed by atoms with E-state index in [4.69, 9.17) is 10.5 Å². The molecule has 1 fully saturated rings. The van der Waals surface area contributed by atoms with Crippen LogP contribution >= 0.6 is 0 Å². The molecule has 3 atom stereocenters. The van der Waals surface area contributed by atoms with Crippen LogP contribution in [0.25, 0.3) is 0 Å². The van der Waals surface area contributed by atoms with E-state index < -0.39 is 0 Å². The van der Waals surface area contributed by atoms with Gasteiger partial charge in [-0.3, -0.25) is 4.98 Å². The minimum absolute atomic E-state index is 0.155. The van der Waals surface area contributed by atoms with Crippen LogP contribution in [0.15, 0.2) is 18.5 Å². The average Bonchev–Trinajstić information content (AvgIpc) is 2.77. The highest BCUT2D eigenvalue weighted by atomic mass is 19.1. The summed E-state index contributed by atoms with van der Waals surface area (Å²) in [6.07, 6.45) is 4.77. The Hall–Kier alpha value is -1.00. The molecule has 1 aromatic rings. The molecule has 0 radical (unpaired) electrons. The summed E-state index contributed by atoms with van der Waals surface area (Å²) < 4.78 is 19.1. The zero-order chi connectivity index (χ0) is 11.5. The van der Waals surface area contributed by atoms with Crippen molar-refractivity contribution in [2.24, 2.45) is 11.7 Å². The van der Waals surface area contributed by atoms with Crippen molar-refractivity contribution in [3.05, 3.63) is 29.8 Å². The molecule has 1 aliphatic rings. The Morgan fingerprint density at radius 2 is 2.50 bits per heavy atom. The predicted molar refractivity (Wildman–Crippen MR) is 59.3 cm³/mol. The van der Waals surface area contributed by atoms with Gasteiger partial charge in [0, 0.05) is 30.3 Å². The van der Waals surface area contributed by atoms with Gasteiger partial charge in [0.05, 0.1) is 12.3 Å². The molecule has 4 heteroatoms. The summed E-state index contributed by atoms with van der Waals surface area (Å²) in [4.78, 5) is 3.73. The molecule has 3 unspecified atom stereocenters. The summed E-state index contributed by atoms with van der Waals surface area (Å²) in [6.45, 7) is 2.79. The van der Waals surface area contributed by atoms with E-state index in [1.165, 1.54) is 6.20 Å². The van der Waals surface area contributed by atoms with Crippen LogP contribution in [0.3, 0.4) is 0 Å². The highest BCUT2D eigenvalue weighted by Crippen LogP contribution is 2.33. The van der Waals surface area contributed by atoms with E-state index in [1.807, 2.05) is 0 Å². The number of nitrogens with two attached hydrogens (primary N) is 1. The zero-order valence-corrected chi connectivity index (χ0v) is 9.40. The van der Waals surface area contributed by atoms with Crippen LogP contribution in [-0.4, -0.2) is 17.7 Å². The van der Waals surface area contributed by atoms with Gasteiger partial charge in [-0.15, -0.1) is 0 Å². The van der Waals surface area contributed by atoms with Crippen LogP contribution in [0.4, 0.5) is 4.39 Å². The summed E-state index contributed by atoms with van der Waals surface area (Å²) in [5.74, 6) is -0.112. The van der Waals surface area contributed by atoms with Gasteiger partial charge >= 0.3 is 0 Å². The number of ether oxygens (including phenoxy) is 1. The summed E-state index contributed by atoms with van der Waals surface area (Å²) >= 11 is 0. The lowest BCUT2D eigenvalue weighted by Crippen LogP contribution is -2.28. The number of nitrogens with zero attached hydrogens (tertiary/aromatic N) is 1. The fourth-order valence-corrected chi connectivity index (χ4v) is 2.38. The maximum absolute atomic E-state index is 13.5. The Morgan fingerprint density at radius 3 is 3.19 bits per heavy atom. The van der Waals surface area contributed by atoms with Gasteiger partial charge in [-0.1, -0.05) is 6.92 Å². The average molecular weight is 224 g/mol. The van der Waals surface area contributed by atoms with Gasteiger partial charge in [0.25, 0.3) is 0 Å². The summed E-state index contributed by atoms with van der Waals surface area (Å²) in [6, 6.07) is 1.36. The third-order valence-corrected chi connectivity index (χ3v) is 3.29. The molecule has 0 aromatic carbocycles. The predicted octanol–water partition coefficient (Wildman–Crippen LogP) is 2.04.